The van der Waals surface area contributed by atoms with Gasteiger partial charge in [0.25, 0.3) is 0 Å². The number of aliphatic hydroxyl groups is 1. The number of hydrogen-bond donors (Lipinski definition) is 1. The van der Waals surface area contributed by atoms with Crippen molar-refractivity contribution in [2.75, 3.05) is 7.11 Å². The van der Waals surface area contributed by atoms with Gasteiger partial charge in [0.1, 0.15) is 11.4 Å². The van der Waals surface area contributed by atoms with Crippen LogP contribution in [0.3, 0.4) is 0 Å². The molecule has 13 heavy (non-hydrogen) atoms. The number of imidazole rings is 1. The van der Waals surface area contributed by atoms with Gasteiger partial charge < -0.3 is 14.2 Å². The van der Waals surface area contributed by atoms with E-state index in [1.54, 1.807) is 25.6 Å². The van der Waals surface area contributed by atoms with Crippen molar-refractivity contribution in [3.8, 4) is 5.75 Å². The van der Waals surface area contributed by atoms with Crippen molar-refractivity contribution in [1.29, 1.82) is 0 Å². The first-order valence-electron chi connectivity index (χ1n) is 3.95. The molecule has 2 aromatic heterocycles. The Balaban J connectivity index is 2.67. The lowest BCUT2D eigenvalue weighted by molar-refractivity contribution is 0.273. The number of aromatic nitrogens is 2. The van der Waals surface area contributed by atoms with Crippen molar-refractivity contribution in [2.24, 2.45) is 0 Å². The van der Waals surface area contributed by atoms with Gasteiger partial charge in [0.15, 0.2) is 0 Å². The van der Waals surface area contributed by atoms with Crippen LogP contribution in [0.1, 0.15) is 5.56 Å². The Morgan fingerprint density at radius 3 is 3.15 bits per heavy atom. The summed E-state index contributed by atoms with van der Waals surface area (Å²) in [6.45, 7) is -0.0305. The van der Waals surface area contributed by atoms with E-state index in [4.69, 9.17) is 9.84 Å². The first-order valence-corrected chi connectivity index (χ1v) is 3.95. The number of methoxy groups -OCH3 is 1. The van der Waals surface area contributed by atoms with E-state index in [0.717, 1.165) is 11.2 Å². The van der Waals surface area contributed by atoms with E-state index in [1.807, 2.05) is 10.6 Å². The van der Waals surface area contributed by atoms with E-state index in [0.29, 0.717) is 5.75 Å². The molecule has 0 aromatic carbocycles. The van der Waals surface area contributed by atoms with Crippen molar-refractivity contribution in [2.45, 2.75) is 6.61 Å². The summed E-state index contributed by atoms with van der Waals surface area (Å²) < 4.78 is 6.94. The van der Waals surface area contributed by atoms with E-state index in [-0.39, 0.29) is 6.61 Å². The molecule has 0 fully saturated rings. The quantitative estimate of drug-likeness (QED) is 0.741. The first kappa shape index (κ1) is 8.07. The van der Waals surface area contributed by atoms with E-state index < -0.39 is 0 Å². The zero-order valence-corrected chi connectivity index (χ0v) is 7.27. The number of pyridine rings is 1. The van der Waals surface area contributed by atoms with Crippen LogP contribution >= 0.6 is 0 Å². The summed E-state index contributed by atoms with van der Waals surface area (Å²) in [6.07, 6.45) is 5.34. The molecule has 0 saturated heterocycles. The normalized spacial score (nSPS) is 10.6. The highest BCUT2D eigenvalue weighted by atomic mass is 16.5. The monoisotopic (exact) mass is 178 g/mol. The van der Waals surface area contributed by atoms with Gasteiger partial charge in [-0.3, -0.25) is 0 Å². The fourth-order valence-electron chi connectivity index (χ4n) is 1.30. The number of rotatable bonds is 2. The van der Waals surface area contributed by atoms with Gasteiger partial charge >= 0.3 is 0 Å². The van der Waals surface area contributed by atoms with Gasteiger partial charge in [0.2, 0.25) is 0 Å². The van der Waals surface area contributed by atoms with Crippen LogP contribution in [0, 0.1) is 0 Å². The maximum absolute atomic E-state index is 9.03. The highest BCUT2D eigenvalue weighted by Gasteiger charge is 2.04. The standard InChI is InChI=1S/C9H10N2O2/c1-13-8-4-9-10-2-3-11(9)5-7(8)6-12/h2-5,12H,6H2,1H3. The second kappa shape index (κ2) is 3.06. The summed E-state index contributed by atoms with van der Waals surface area (Å²) >= 11 is 0. The van der Waals surface area contributed by atoms with Crippen LogP contribution in [-0.4, -0.2) is 21.6 Å². The Kier molecular flexibility index (Phi) is 1.90. The Morgan fingerprint density at radius 1 is 1.62 bits per heavy atom. The van der Waals surface area contributed by atoms with Gasteiger partial charge in [-0.15, -0.1) is 0 Å². The predicted octanol–water partition coefficient (Wildman–Crippen LogP) is 0.835. The number of ether oxygens (including phenoxy) is 1. The molecule has 4 heteroatoms. The van der Waals surface area contributed by atoms with Crippen LogP contribution in [0.5, 0.6) is 5.75 Å². The smallest absolute Gasteiger partial charge is 0.140 e. The molecule has 2 heterocycles. The molecule has 0 aliphatic heterocycles. The molecule has 0 radical (unpaired) electrons. The molecule has 0 unspecified atom stereocenters. The van der Waals surface area contributed by atoms with Gasteiger partial charge in [-0.1, -0.05) is 0 Å². The average Bonchev–Trinajstić information content (AvgIpc) is 2.62. The minimum absolute atomic E-state index is 0.0305. The number of fused-ring (bicyclic) bond motifs is 1. The van der Waals surface area contributed by atoms with Gasteiger partial charge in [-0.2, -0.15) is 0 Å². The Morgan fingerprint density at radius 2 is 2.46 bits per heavy atom. The third-order valence-electron chi connectivity index (χ3n) is 1.96. The van der Waals surface area contributed by atoms with Crippen molar-refractivity contribution >= 4 is 5.65 Å². The molecule has 0 aliphatic carbocycles. The topological polar surface area (TPSA) is 46.8 Å². The highest BCUT2D eigenvalue weighted by molar-refractivity contribution is 5.48. The van der Waals surface area contributed by atoms with Crippen molar-refractivity contribution < 1.29 is 9.84 Å². The van der Waals surface area contributed by atoms with Gasteiger partial charge in [-0.05, 0) is 0 Å². The maximum Gasteiger partial charge on any atom is 0.140 e. The highest BCUT2D eigenvalue weighted by Crippen LogP contribution is 2.19. The lowest BCUT2D eigenvalue weighted by Gasteiger charge is -2.06. The summed E-state index contributed by atoms with van der Waals surface area (Å²) in [4.78, 5) is 4.10. The third kappa shape index (κ3) is 1.25. The zero-order valence-electron chi connectivity index (χ0n) is 7.27. The molecule has 0 spiro atoms. The van der Waals surface area contributed by atoms with Crippen LogP contribution in [0.25, 0.3) is 5.65 Å². The van der Waals surface area contributed by atoms with Crippen molar-refractivity contribution in [1.82, 2.24) is 9.38 Å². The summed E-state index contributed by atoms with van der Waals surface area (Å²) in [7, 11) is 1.58. The minimum Gasteiger partial charge on any atom is -0.496 e. The van der Waals surface area contributed by atoms with E-state index >= 15 is 0 Å². The lowest BCUT2D eigenvalue weighted by atomic mass is 10.2. The largest absolute Gasteiger partial charge is 0.496 e. The summed E-state index contributed by atoms with van der Waals surface area (Å²) in [6, 6.07) is 1.80. The van der Waals surface area contributed by atoms with Gasteiger partial charge in [0, 0.05) is 30.2 Å². The Bertz CT molecular complexity index is 384. The molecular weight excluding hydrogens is 168 g/mol. The molecular formula is C9H10N2O2. The molecule has 2 aromatic rings. The molecule has 0 aliphatic rings. The summed E-state index contributed by atoms with van der Waals surface area (Å²) in [5, 5.41) is 9.03. The Labute approximate surface area is 75.4 Å². The molecule has 0 amide bonds. The van der Waals surface area contributed by atoms with Crippen LogP contribution in [-0.2, 0) is 6.61 Å². The molecule has 0 atom stereocenters. The predicted molar refractivity (Wildman–Crippen MR) is 47.7 cm³/mol. The second-order valence-corrected chi connectivity index (χ2v) is 2.72. The van der Waals surface area contributed by atoms with Crippen molar-refractivity contribution in [3.63, 3.8) is 0 Å². The fourth-order valence-corrected chi connectivity index (χ4v) is 1.30. The zero-order chi connectivity index (χ0) is 9.26. The molecule has 0 saturated carbocycles. The summed E-state index contributed by atoms with van der Waals surface area (Å²) in [5.74, 6) is 0.668. The van der Waals surface area contributed by atoms with Crippen molar-refractivity contribution in [3.05, 3.63) is 30.2 Å². The minimum atomic E-state index is -0.0305. The van der Waals surface area contributed by atoms with Crippen LogP contribution in [0.4, 0.5) is 0 Å². The SMILES string of the molecule is COc1cc2nccn2cc1CO. The average molecular weight is 178 g/mol. The second-order valence-electron chi connectivity index (χ2n) is 2.72. The number of nitrogens with zero attached hydrogens (tertiary/aromatic N) is 2. The summed E-state index contributed by atoms with van der Waals surface area (Å²) in [5.41, 5.74) is 1.57. The van der Waals surface area contributed by atoms with Gasteiger partial charge in [-0.25, -0.2) is 4.98 Å². The molecule has 4 nitrogen and oxygen atoms in total. The first-order chi connectivity index (χ1) is 6.35. The number of hydrogen-bond acceptors (Lipinski definition) is 3. The number of aliphatic hydroxyl groups excluding tert-OH is 1. The third-order valence-corrected chi connectivity index (χ3v) is 1.96. The van der Waals surface area contributed by atoms with Crippen LogP contribution in [0.15, 0.2) is 24.7 Å². The molecule has 2 rings (SSSR count). The lowest BCUT2D eigenvalue weighted by Crippen LogP contribution is -1.95. The molecule has 0 bridgehead atoms. The van der Waals surface area contributed by atoms with Crippen LogP contribution in [0.2, 0.25) is 0 Å². The van der Waals surface area contributed by atoms with E-state index in [2.05, 4.69) is 4.98 Å². The maximum atomic E-state index is 9.03. The van der Waals surface area contributed by atoms with E-state index in [1.165, 1.54) is 0 Å². The fraction of sp³-hybridized carbons (Fsp3) is 0.222. The van der Waals surface area contributed by atoms with Crippen LogP contribution < -0.4 is 4.74 Å². The molecule has 1 N–H and O–H groups in total. The molecule has 68 valence electrons. The van der Waals surface area contributed by atoms with Gasteiger partial charge in [0.05, 0.1) is 13.7 Å². The van der Waals surface area contributed by atoms with E-state index in [9.17, 15) is 0 Å². The Hall–Kier alpha value is -1.55.